The molecule has 4 amide bonds. The molecule has 180 valence electrons. The Morgan fingerprint density at radius 2 is 1.20 bits per heavy atom. The van der Waals surface area contributed by atoms with Crippen molar-refractivity contribution in [3.63, 3.8) is 0 Å². The quantitative estimate of drug-likeness (QED) is 0.486. The highest BCUT2D eigenvalue weighted by Crippen LogP contribution is 2.46. The Labute approximate surface area is 205 Å². The van der Waals surface area contributed by atoms with Gasteiger partial charge >= 0.3 is 0 Å². The van der Waals surface area contributed by atoms with Gasteiger partial charge in [-0.3, -0.25) is 24.1 Å². The Bertz CT molecular complexity index is 1320. The van der Waals surface area contributed by atoms with Crippen molar-refractivity contribution in [1.82, 2.24) is 0 Å². The minimum Gasteiger partial charge on any atom is -0.274 e. The van der Waals surface area contributed by atoms with Crippen LogP contribution in [0.3, 0.4) is 0 Å². The number of hydrogen-bond acceptors (Lipinski definition) is 4. The fraction of sp³-hybridized carbons (Fsp3) is 0.379. The van der Waals surface area contributed by atoms with Crippen LogP contribution in [0.5, 0.6) is 0 Å². The molecule has 35 heavy (non-hydrogen) atoms. The summed E-state index contributed by atoms with van der Waals surface area (Å²) in [6.07, 6.45) is 2.45. The number of rotatable bonds is 3. The lowest BCUT2D eigenvalue weighted by molar-refractivity contribution is -0.125. The maximum Gasteiger partial charge on any atom is 0.241 e. The van der Waals surface area contributed by atoms with Crippen LogP contribution in [0.25, 0.3) is 0 Å². The molecule has 3 aliphatic rings. The number of amides is 4. The lowest BCUT2D eigenvalue weighted by Crippen LogP contribution is -2.35. The smallest absolute Gasteiger partial charge is 0.241 e. The Morgan fingerprint density at radius 1 is 0.657 bits per heavy atom. The molecule has 2 aromatic rings. The van der Waals surface area contributed by atoms with E-state index in [0.29, 0.717) is 17.8 Å². The molecule has 5 rings (SSSR count). The van der Waals surface area contributed by atoms with Gasteiger partial charge in [0.2, 0.25) is 23.6 Å². The molecule has 6 nitrogen and oxygen atoms in total. The number of carbonyl (C=O) groups is 4. The van der Waals surface area contributed by atoms with Crippen LogP contribution in [0.4, 0.5) is 11.4 Å². The summed E-state index contributed by atoms with van der Waals surface area (Å²) in [4.78, 5) is 55.7. The van der Waals surface area contributed by atoms with E-state index < -0.39 is 17.8 Å². The second-order valence-electron chi connectivity index (χ2n) is 10.3. The summed E-state index contributed by atoms with van der Waals surface area (Å²) in [7, 11) is 0. The largest absolute Gasteiger partial charge is 0.274 e. The van der Waals surface area contributed by atoms with Crippen LogP contribution >= 0.6 is 0 Å². The molecule has 0 bridgehead atoms. The van der Waals surface area contributed by atoms with Gasteiger partial charge in [0.1, 0.15) is 0 Å². The molecule has 2 saturated heterocycles. The standard InChI is InChI=1S/C29H30N2O4/c1-15-6-8-21(11-17(15)3)30-25(32)14-23(27(30)33)20-10-19(5)26-24(13-20)28(34)31(29(26)35)22-9-7-16(2)18(4)12-22/h6-12,20,23-24,26H,13-14H2,1-5H3/t20-,23-,24+,26-/m0/s1. The van der Waals surface area contributed by atoms with Crippen LogP contribution < -0.4 is 9.80 Å². The zero-order chi connectivity index (χ0) is 25.2. The molecule has 0 spiro atoms. The molecule has 0 saturated carbocycles. The number of hydrogen-bond donors (Lipinski definition) is 0. The second kappa shape index (κ2) is 8.29. The number of carbonyl (C=O) groups excluding carboxylic acids is 4. The highest BCUT2D eigenvalue weighted by molar-refractivity contribution is 6.23. The third kappa shape index (κ3) is 3.63. The van der Waals surface area contributed by atoms with E-state index in [0.717, 1.165) is 27.8 Å². The summed E-state index contributed by atoms with van der Waals surface area (Å²) in [5.74, 6) is -2.69. The van der Waals surface area contributed by atoms with E-state index in [2.05, 4.69) is 0 Å². The summed E-state index contributed by atoms with van der Waals surface area (Å²) >= 11 is 0. The van der Waals surface area contributed by atoms with Gasteiger partial charge in [0.15, 0.2) is 0 Å². The van der Waals surface area contributed by atoms with Crippen molar-refractivity contribution in [3.8, 4) is 0 Å². The van der Waals surface area contributed by atoms with Gasteiger partial charge in [-0.1, -0.05) is 23.8 Å². The van der Waals surface area contributed by atoms with Crippen LogP contribution in [-0.4, -0.2) is 23.6 Å². The zero-order valence-corrected chi connectivity index (χ0v) is 20.8. The van der Waals surface area contributed by atoms with E-state index in [1.165, 1.54) is 9.80 Å². The SMILES string of the molecule is CC1=C[C@H]([C@@H]2CC(=O)N(c3ccc(C)c(C)c3)C2=O)C[C@H]2C(=O)N(c3ccc(C)c(C)c3)C(=O)[C@@H]12. The number of aryl methyl sites for hydroxylation is 4. The summed E-state index contributed by atoms with van der Waals surface area (Å²) in [5.41, 5.74) is 6.22. The monoisotopic (exact) mass is 470 g/mol. The van der Waals surface area contributed by atoms with Crippen molar-refractivity contribution < 1.29 is 19.2 Å². The Hall–Kier alpha value is -3.54. The highest BCUT2D eigenvalue weighted by atomic mass is 16.2. The van der Waals surface area contributed by atoms with Crippen molar-refractivity contribution in [2.45, 2.75) is 47.5 Å². The van der Waals surface area contributed by atoms with Gasteiger partial charge in [0, 0.05) is 6.42 Å². The lowest BCUT2D eigenvalue weighted by Gasteiger charge is -2.29. The Kier molecular flexibility index (Phi) is 5.50. The molecule has 4 atom stereocenters. The number of benzene rings is 2. The van der Waals surface area contributed by atoms with E-state index in [4.69, 9.17) is 0 Å². The first-order valence-corrected chi connectivity index (χ1v) is 12.2. The normalized spacial score (nSPS) is 26.5. The third-order valence-corrected chi connectivity index (χ3v) is 8.12. The molecule has 2 heterocycles. The Morgan fingerprint density at radius 3 is 1.77 bits per heavy atom. The maximum atomic E-state index is 13.5. The van der Waals surface area contributed by atoms with Crippen molar-refractivity contribution in [1.29, 1.82) is 0 Å². The van der Waals surface area contributed by atoms with Gasteiger partial charge in [-0.15, -0.1) is 0 Å². The van der Waals surface area contributed by atoms with Gasteiger partial charge in [0.25, 0.3) is 0 Å². The summed E-state index contributed by atoms with van der Waals surface area (Å²) in [6, 6.07) is 11.2. The van der Waals surface area contributed by atoms with E-state index in [1.54, 1.807) is 6.07 Å². The first kappa shape index (κ1) is 23.2. The first-order chi connectivity index (χ1) is 16.6. The average Bonchev–Trinajstić information content (AvgIpc) is 3.24. The zero-order valence-electron chi connectivity index (χ0n) is 20.8. The molecule has 2 aromatic carbocycles. The number of anilines is 2. The molecular formula is C29H30N2O4. The van der Waals surface area contributed by atoms with E-state index in [1.807, 2.05) is 71.0 Å². The van der Waals surface area contributed by atoms with Gasteiger partial charge in [-0.05, 0) is 93.5 Å². The molecule has 2 aliphatic heterocycles. The number of nitrogens with zero attached hydrogens (tertiary/aromatic N) is 2. The molecular weight excluding hydrogens is 440 g/mol. The predicted octanol–water partition coefficient (Wildman–Crippen LogP) is 4.57. The third-order valence-electron chi connectivity index (χ3n) is 8.12. The van der Waals surface area contributed by atoms with Gasteiger partial charge in [0.05, 0.1) is 29.1 Å². The number of fused-ring (bicyclic) bond motifs is 1. The topological polar surface area (TPSA) is 74.8 Å². The molecule has 0 aromatic heterocycles. The van der Waals surface area contributed by atoms with E-state index in [9.17, 15) is 19.2 Å². The van der Waals surface area contributed by atoms with E-state index in [-0.39, 0.29) is 36.0 Å². The molecule has 2 fully saturated rings. The minimum absolute atomic E-state index is 0.112. The average molecular weight is 471 g/mol. The van der Waals surface area contributed by atoms with Gasteiger partial charge in [-0.25, -0.2) is 4.90 Å². The lowest BCUT2D eigenvalue weighted by atomic mass is 9.71. The molecule has 0 radical (unpaired) electrons. The van der Waals surface area contributed by atoms with E-state index >= 15 is 0 Å². The van der Waals surface area contributed by atoms with Crippen molar-refractivity contribution in [3.05, 3.63) is 70.3 Å². The van der Waals surface area contributed by atoms with Crippen LogP contribution in [0.15, 0.2) is 48.0 Å². The fourth-order valence-corrected chi connectivity index (χ4v) is 5.81. The molecule has 1 aliphatic carbocycles. The van der Waals surface area contributed by atoms with Crippen molar-refractivity contribution in [2.75, 3.05) is 9.80 Å². The maximum absolute atomic E-state index is 13.5. The highest BCUT2D eigenvalue weighted by Gasteiger charge is 2.54. The predicted molar refractivity (Wildman–Crippen MR) is 134 cm³/mol. The number of imide groups is 2. The molecule has 6 heteroatoms. The fourth-order valence-electron chi connectivity index (χ4n) is 5.81. The van der Waals surface area contributed by atoms with Crippen LogP contribution in [0.1, 0.15) is 42.0 Å². The van der Waals surface area contributed by atoms with Crippen molar-refractivity contribution in [2.24, 2.45) is 23.7 Å². The Balaban J connectivity index is 1.42. The molecule has 0 unspecified atom stereocenters. The van der Waals surface area contributed by atoms with Gasteiger partial charge in [-0.2, -0.15) is 0 Å². The summed E-state index contributed by atoms with van der Waals surface area (Å²) < 4.78 is 0. The molecule has 0 N–H and O–H groups in total. The summed E-state index contributed by atoms with van der Waals surface area (Å²) in [5, 5.41) is 0. The minimum atomic E-state index is -0.529. The van der Waals surface area contributed by atoms with Crippen LogP contribution in [0.2, 0.25) is 0 Å². The van der Waals surface area contributed by atoms with Gasteiger partial charge < -0.3 is 0 Å². The second-order valence-corrected chi connectivity index (χ2v) is 10.3. The van der Waals surface area contributed by atoms with Crippen LogP contribution in [-0.2, 0) is 19.2 Å². The van der Waals surface area contributed by atoms with Crippen LogP contribution in [0, 0.1) is 51.4 Å². The summed E-state index contributed by atoms with van der Waals surface area (Å²) in [6.45, 7) is 9.76. The van der Waals surface area contributed by atoms with Crippen molar-refractivity contribution >= 4 is 35.0 Å². The first-order valence-electron chi connectivity index (χ1n) is 12.2. The number of allylic oxidation sites excluding steroid dienone is 1.